The van der Waals surface area contributed by atoms with Crippen molar-refractivity contribution in [2.75, 3.05) is 5.43 Å². The topological polar surface area (TPSA) is 146 Å². The summed E-state index contributed by atoms with van der Waals surface area (Å²) >= 11 is 1.31. The maximum Gasteiger partial charge on any atom is 0.291 e. The standard InChI is InChI=1S/C20H20N8O2S/c1-10-8-14(15-9-31-20(23-15)24-19(21)22)11(2)28(10)26-17(29)16-12-6-4-5-7-13(12)18(30)27(3)25-16/h4-9H,1-3H3,(H,26,29)(H4,21,22,23,24). The molecule has 158 valence electrons. The molecule has 1 aromatic carbocycles. The van der Waals surface area contributed by atoms with Gasteiger partial charge in [-0.2, -0.15) is 10.1 Å². The zero-order valence-electron chi connectivity index (χ0n) is 17.1. The summed E-state index contributed by atoms with van der Waals surface area (Å²) in [5, 5.41) is 7.40. The SMILES string of the molecule is Cc1cc(-c2csc(N=C(N)N)n2)c(C)n1NC(=O)c1nn(C)c(=O)c2ccccc12. The van der Waals surface area contributed by atoms with Crippen LogP contribution in [-0.2, 0) is 7.05 Å². The molecule has 0 aliphatic rings. The Morgan fingerprint density at radius 2 is 1.90 bits per heavy atom. The lowest BCUT2D eigenvalue weighted by Crippen LogP contribution is -2.29. The highest BCUT2D eigenvalue weighted by molar-refractivity contribution is 7.13. The number of carbonyl (C=O) groups is 1. The quantitative estimate of drug-likeness (QED) is 0.328. The molecule has 3 heterocycles. The number of guanidine groups is 1. The number of hydrogen-bond acceptors (Lipinski definition) is 6. The van der Waals surface area contributed by atoms with E-state index in [0.29, 0.717) is 21.6 Å². The summed E-state index contributed by atoms with van der Waals surface area (Å²) in [4.78, 5) is 33.8. The van der Waals surface area contributed by atoms with E-state index < -0.39 is 5.91 Å². The summed E-state index contributed by atoms with van der Waals surface area (Å²) < 4.78 is 2.83. The maximum atomic E-state index is 13.1. The highest BCUT2D eigenvalue weighted by Crippen LogP contribution is 2.30. The van der Waals surface area contributed by atoms with E-state index in [-0.39, 0.29) is 17.2 Å². The third-order valence-corrected chi connectivity index (χ3v) is 5.54. The van der Waals surface area contributed by atoms with Gasteiger partial charge in [0, 0.05) is 34.8 Å². The Morgan fingerprint density at radius 1 is 1.19 bits per heavy atom. The number of aromatic nitrogens is 4. The summed E-state index contributed by atoms with van der Waals surface area (Å²) in [6.45, 7) is 3.74. The third kappa shape index (κ3) is 3.66. The Hall–Kier alpha value is -3.99. The Labute approximate surface area is 180 Å². The normalized spacial score (nSPS) is 10.9. The average molecular weight is 437 g/mol. The van der Waals surface area contributed by atoms with E-state index >= 15 is 0 Å². The van der Waals surface area contributed by atoms with Crippen LogP contribution in [0.2, 0.25) is 0 Å². The van der Waals surface area contributed by atoms with Gasteiger partial charge in [-0.05, 0) is 26.0 Å². The number of rotatable bonds is 4. The molecule has 11 heteroatoms. The second kappa shape index (κ2) is 7.69. The van der Waals surface area contributed by atoms with Gasteiger partial charge in [0.2, 0.25) is 5.13 Å². The van der Waals surface area contributed by atoms with Crippen molar-refractivity contribution in [2.45, 2.75) is 13.8 Å². The van der Waals surface area contributed by atoms with Crippen molar-refractivity contribution in [1.29, 1.82) is 0 Å². The second-order valence-corrected chi connectivity index (χ2v) is 7.77. The lowest BCUT2D eigenvalue weighted by Gasteiger charge is -2.13. The van der Waals surface area contributed by atoms with Crippen molar-refractivity contribution in [3.05, 3.63) is 63.1 Å². The van der Waals surface area contributed by atoms with Crippen molar-refractivity contribution >= 4 is 39.1 Å². The number of nitrogens with zero attached hydrogens (tertiary/aromatic N) is 5. The molecule has 0 aliphatic carbocycles. The molecule has 0 saturated carbocycles. The fraction of sp³-hybridized carbons (Fsp3) is 0.150. The summed E-state index contributed by atoms with van der Waals surface area (Å²) in [5.41, 5.74) is 16.7. The fourth-order valence-electron chi connectivity index (χ4n) is 3.37. The van der Waals surface area contributed by atoms with E-state index in [1.165, 1.54) is 23.1 Å². The van der Waals surface area contributed by atoms with Crippen LogP contribution in [0.3, 0.4) is 0 Å². The molecule has 31 heavy (non-hydrogen) atoms. The highest BCUT2D eigenvalue weighted by atomic mass is 32.1. The molecule has 0 atom stereocenters. The van der Waals surface area contributed by atoms with Crippen LogP contribution >= 0.6 is 11.3 Å². The Kier molecular flexibility index (Phi) is 5.03. The molecule has 0 bridgehead atoms. The van der Waals surface area contributed by atoms with Gasteiger partial charge in [0.15, 0.2) is 11.7 Å². The molecule has 3 aromatic heterocycles. The summed E-state index contributed by atoms with van der Waals surface area (Å²) in [6.07, 6.45) is 0. The van der Waals surface area contributed by atoms with Gasteiger partial charge in [-0.1, -0.05) is 18.2 Å². The number of aryl methyl sites for hydroxylation is 2. The largest absolute Gasteiger partial charge is 0.370 e. The Balaban J connectivity index is 1.72. The predicted molar refractivity (Wildman–Crippen MR) is 121 cm³/mol. The minimum atomic E-state index is -0.431. The van der Waals surface area contributed by atoms with Gasteiger partial charge in [0.25, 0.3) is 11.5 Å². The first kappa shape index (κ1) is 20.3. The number of hydrogen-bond donors (Lipinski definition) is 3. The monoisotopic (exact) mass is 436 g/mol. The molecular weight excluding hydrogens is 416 g/mol. The molecule has 0 spiro atoms. The number of thiazole rings is 1. The molecule has 0 aliphatic heterocycles. The van der Waals surface area contributed by atoms with E-state index in [0.717, 1.165) is 17.0 Å². The van der Waals surface area contributed by atoms with E-state index in [9.17, 15) is 9.59 Å². The van der Waals surface area contributed by atoms with Crippen molar-refractivity contribution in [3.8, 4) is 11.3 Å². The van der Waals surface area contributed by atoms with Gasteiger partial charge in [-0.25, -0.2) is 9.67 Å². The number of amides is 1. The maximum absolute atomic E-state index is 13.1. The van der Waals surface area contributed by atoms with Crippen LogP contribution in [0, 0.1) is 13.8 Å². The van der Waals surface area contributed by atoms with Crippen molar-refractivity contribution in [2.24, 2.45) is 23.5 Å². The van der Waals surface area contributed by atoms with Gasteiger partial charge in [-0.15, -0.1) is 11.3 Å². The number of benzene rings is 1. The molecular formula is C20H20N8O2S. The smallest absolute Gasteiger partial charge is 0.291 e. The molecule has 5 N–H and O–H groups in total. The van der Waals surface area contributed by atoms with Gasteiger partial charge in [0.05, 0.1) is 11.1 Å². The molecule has 0 radical (unpaired) electrons. The number of nitrogens with two attached hydrogens (primary N) is 2. The molecule has 1 amide bonds. The second-order valence-electron chi connectivity index (χ2n) is 6.94. The lowest BCUT2D eigenvalue weighted by molar-refractivity contribution is 0.100. The molecule has 0 fully saturated rings. The average Bonchev–Trinajstić information content (AvgIpc) is 3.29. The zero-order valence-corrected chi connectivity index (χ0v) is 17.9. The van der Waals surface area contributed by atoms with Crippen LogP contribution < -0.4 is 22.5 Å². The van der Waals surface area contributed by atoms with Crippen LogP contribution in [-0.4, -0.2) is 31.3 Å². The molecule has 0 unspecified atom stereocenters. The van der Waals surface area contributed by atoms with Gasteiger partial charge < -0.3 is 11.5 Å². The first-order valence-electron chi connectivity index (χ1n) is 9.28. The first-order chi connectivity index (χ1) is 14.8. The van der Waals surface area contributed by atoms with Crippen molar-refractivity contribution < 1.29 is 4.79 Å². The number of nitrogens with one attached hydrogen (secondary N) is 1. The van der Waals surface area contributed by atoms with E-state index in [1.807, 2.05) is 25.3 Å². The van der Waals surface area contributed by atoms with Crippen molar-refractivity contribution in [3.63, 3.8) is 0 Å². The van der Waals surface area contributed by atoms with Gasteiger partial charge >= 0.3 is 0 Å². The zero-order chi connectivity index (χ0) is 22.3. The van der Waals surface area contributed by atoms with Crippen LogP contribution in [0.25, 0.3) is 22.0 Å². The lowest BCUT2D eigenvalue weighted by atomic mass is 10.1. The van der Waals surface area contributed by atoms with E-state index in [2.05, 4.69) is 20.5 Å². The van der Waals surface area contributed by atoms with E-state index in [1.54, 1.807) is 28.9 Å². The van der Waals surface area contributed by atoms with Gasteiger partial charge in [-0.3, -0.25) is 19.7 Å². The minimum Gasteiger partial charge on any atom is -0.370 e. The van der Waals surface area contributed by atoms with Crippen LogP contribution in [0.1, 0.15) is 21.9 Å². The van der Waals surface area contributed by atoms with Crippen molar-refractivity contribution in [1.82, 2.24) is 19.4 Å². The number of carbonyl (C=O) groups excluding carboxylic acids is 1. The van der Waals surface area contributed by atoms with Crippen LogP contribution in [0.4, 0.5) is 5.13 Å². The summed E-state index contributed by atoms with van der Waals surface area (Å²) in [7, 11) is 1.52. The molecule has 0 saturated heterocycles. The minimum absolute atomic E-state index is 0.0596. The number of aliphatic imine (C=N–C) groups is 1. The first-order valence-corrected chi connectivity index (χ1v) is 10.2. The summed E-state index contributed by atoms with van der Waals surface area (Å²) in [6, 6.07) is 8.82. The Bertz CT molecular complexity index is 1410. The van der Waals surface area contributed by atoms with Crippen LogP contribution in [0.5, 0.6) is 0 Å². The molecule has 10 nitrogen and oxygen atoms in total. The van der Waals surface area contributed by atoms with Crippen LogP contribution in [0.15, 0.2) is 45.5 Å². The fourth-order valence-corrected chi connectivity index (χ4v) is 4.07. The molecule has 4 rings (SSSR count). The number of fused-ring (bicyclic) bond motifs is 1. The van der Waals surface area contributed by atoms with E-state index in [4.69, 9.17) is 11.5 Å². The van der Waals surface area contributed by atoms with Gasteiger partial charge in [0.1, 0.15) is 0 Å². The predicted octanol–water partition coefficient (Wildman–Crippen LogP) is 1.76. The third-order valence-electron chi connectivity index (χ3n) is 4.81. The summed E-state index contributed by atoms with van der Waals surface area (Å²) in [5.74, 6) is -0.491. The Morgan fingerprint density at radius 3 is 2.61 bits per heavy atom. The highest BCUT2D eigenvalue weighted by Gasteiger charge is 2.19. The molecule has 4 aromatic rings.